The number of hydrogen-bond acceptors (Lipinski definition) is 10. The number of unbranched alkanes of at least 4 members (excludes halogenated alkanes) is 16. The largest absolute Gasteiger partial charge is 0.397 e. The number of carbonyl (C=O) groups is 1. The van der Waals surface area contributed by atoms with Gasteiger partial charge in [-0.15, -0.1) is 0 Å². The Morgan fingerprint density at radius 2 is 1.29 bits per heavy atom. The lowest BCUT2D eigenvalue weighted by Gasteiger charge is -2.41. The minimum Gasteiger partial charge on any atom is -0.394 e. The molecular formula is C32H63NO11S. The lowest BCUT2D eigenvalue weighted by molar-refractivity contribution is -0.298. The van der Waals surface area contributed by atoms with Crippen LogP contribution in [0.2, 0.25) is 0 Å². The van der Waals surface area contributed by atoms with Crippen molar-refractivity contribution in [3.8, 4) is 0 Å². The van der Waals surface area contributed by atoms with Gasteiger partial charge in [0.05, 0.1) is 25.4 Å². The average molecular weight is 670 g/mol. The van der Waals surface area contributed by atoms with Crippen LogP contribution in [-0.4, -0.2) is 95.4 Å². The first kappa shape index (κ1) is 42.1. The zero-order valence-corrected chi connectivity index (χ0v) is 28.5. The number of rotatable bonds is 28. The van der Waals surface area contributed by atoms with Crippen LogP contribution in [0.5, 0.6) is 0 Å². The van der Waals surface area contributed by atoms with Gasteiger partial charge in [-0.2, -0.15) is 8.42 Å². The van der Waals surface area contributed by atoms with Gasteiger partial charge in [0.15, 0.2) is 6.29 Å². The van der Waals surface area contributed by atoms with Gasteiger partial charge in [0.25, 0.3) is 0 Å². The molecule has 13 heteroatoms. The van der Waals surface area contributed by atoms with Crippen LogP contribution in [0.15, 0.2) is 0 Å². The lowest BCUT2D eigenvalue weighted by Crippen LogP contribution is -2.61. The molecule has 1 saturated heterocycles. The van der Waals surface area contributed by atoms with Gasteiger partial charge in [0.1, 0.15) is 24.4 Å². The zero-order chi connectivity index (χ0) is 33.5. The third kappa shape index (κ3) is 19.5. The van der Waals surface area contributed by atoms with Crippen LogP contribution in [0.25, 0.3) is 0 Å². The normalized spacial score (nSPS) is 23.6. The number of carbonyl (C=O) groups excluding carboxylic acids is 1. The smallest absolute Gasteiger partial charge is 0.394 e. The van der Waals surface area contributed by atoms with Gasteiger partial charge < -0.3 is 35.2 Å². The molecule has 0 aliphatic carbocycles. The number of hydrogen-bond donors (Lipinski definition) is 6. The van der Waals surface area contributed by atoms with Gasteiger partial charge in [0, 0.05) is 6.42 Å². The Morgan fingerprint density at radius 3 is 1.78 bits per heavy atom. The number of ether oxygens (including phenoxy) is 2. The Morgan fingerprint density at radius 1 is 0.800 bits per heavy atom. The van der Waals surface area contributed by atoms with Crippen molar-refractivity contribution in [1.82, 2.24) is 5.32 Å². The first-order chi connectivity index (χ1) is 21.5. The van der Waals surface area contributed by atoms with Gasteiger partial charge in [-0.1, -0.05) is 123 Å². The number of nitrogens with one attached hydrogen (secondary N) is 1. The molecule has 0 radical (unpaired) electrons. The maximum Gasteiger partial charge on any atom is 0.397 e. The Hall–Kier alpha value is -0.900. The van der Waals surface area contributed by atoms with Crippen LogP contribution in [-0.2, 0) is 28.9 Å². The Balaban J connectivity index is 2.68. The molecule has 1 aliphatic rings. The molecule has 1 amide bonds. The van der Waals surface area contributed by atoms with Gasteiger partial charge in [-0.25, -0.2) is 4.18 Å². The van der Waals surface area contributed by atoms with Crippen LogP contribution < -0.4 is 5.32 Å². The Kier molecular flexibility index (Phi) is 23.6. The summed E-state index contributed by atoms with van der Waals surface area (Å²) < 4.78 is 47.2. The predicted molar refractivity (Wildman–Crippen MR) is 172 cm³/mol. The average Bonchev–Trinajstić information content (AvgIpc) is 2.99. The van der Waals surface area contributed by atoms with E-state index in [9.17, 15) is 33.6 Å². The summed E-state index contributed by atoms with van der Waals surface area (Å²) in [5.41, 5.74) is 0. The van der Waals surface area contributed by atoms with E-state index in [0.717, 1.165) is 51.4 Å². The summed E-state index contributed by atoms with van der Waals surface area (Å²) in [6.45, 7) is 3.34. The molecule has 7 atom stereocenters. The van der Waals surface area contributed by atoms with E-state index >= 15 is 0 Å². The summed E-state index contributed by atoms with van der Waals surface area (Å²) in [6, 6.07) is -0.846. The summed E-state index contributed by atoms with van der Waals surface area (Å²) in [5.74, 6) is -0.237. The summed E-state index contributed by atoms with van der Waals surface area (Å²) >= 11 is 0. The van der Waals surface area contributed by atoms with Crippen molar-refractivity contribution >= 4 is 16.3 Å². The van der Waals surface area contributed by atoms with E-state index in [1.54, 1.807) is 0 Å². The highest BCUT2D eigenvalue weighted by Crippen LogP contribution is 2.26. The van der Waals surface area contributed by atoms with Crippen molar-refractivity contribution in [1.29, 1.82) is 0 Å². The van der Waals surface area contributed by atoms with Gasteiger partial charge in [-0.05, 0) is 12.8 Å². The number of aliphatic hydroxyl groups excluding tert-OH is 4. The Labute approximate surface area is 271 Å². The fourth-order valence-corrected chi connectivity index (χ4v) is 6.14. The second kappa shape index (κ2) is 25.2. The number of aliphatic hydroxyl groups is 4. The molecule has 1 fully saturated rings. The minimum atomic E-state index is -5.06. The van der Waals surface area contributed by atoms with Crippen LogP contribution in [0.3, 0.4) is 0 Å². The third-order valence-electron chi connectivity index (χ3n) is 8.42. The topological polar surface area (TPSA) is 192 Å². The highest BCUT2D eigenvalue weighted by Gasteiger charge is 2.48. The lowest BCUT2D eigenvalue weighted by atomic mass is 9.99. The molecule has 268 valence electrons. The molecule has 1 heterocycles. The molecule has 0 saturated carbocycles. The van der Waals surface area contributed by atoms with E-state index in [4.69, 9.17) is 14.0 Å². The summed E-state index contributed by atoms with van der Waals surface area (Å²) in [4.78, 5) is 12.8. The van der Waals surface area contributed by atoms with E-state index in [-0.39, 0.29) is 12.5 Å². The molecule has 7 unspecified atom stereocenters. The summed E-state index contributed by atoms with van der Waals surface area (Å²) in [5, 5.41) is 44.3. The minimum absolute atomic E-state index is 0.237. The molecule has 0 bridgehead atoms. The van der Waals surface area contributed by atoms with Crippen molar-refractivity contribution in [3.05, 3.63) is 0 Å². The molecule has 6 N–H and O–H groups in total. The van der Waals surface area contributed by atoms with Crippen molar-refractivity contribution in [2.24, 2.45) is 0 Å². The molecule has 0 aromatic rings. The monoisotopic (exact) mass is 669 g/mol. The fraction of sp³-hybridized carbons (Fsp3) is 0.969. The molecule has 45 heavy (non-hydrogen) atoms. The SMILES string of the molecule is CCCCCCCCCCCC(=O)NC(COC1OC(CO)C(O)C(OS(=O)(=O)O)C1O)C(O)CCCCCCCCCCC. The maximum absolute atomic E-state index is 12.8. The van der Waals surface area contributed by atoms with Crippen molar-refractivity contribution in [2.75, 3.05) is 13.2 Å². The first-order valence-electron chi connectivity index (χ1n) is 17.4. The third-order valence-corrected chi connectivity index (χ3v) is 8.88. The van der Waals surface area contributed by atoms with Crippen LogP contribution in [0.1, 0.15) is 142 Å². The van der Waals surface area contributed by atoms with E-state index in [1.807, 2.05) is 0 Å². The molecule has 0 aromatic heterocycles. The highest BCUT2D eigenvalue weighted by molar-refractivity contribution is 7.80. The maximum atomic E-state index is 12.8. The molecule has 1 aliphatic heterocycles. The van der Waals surface area contributed by atoms with E-state index in [1.165, 1.54) is 64.2 Å². The van der Waals surface area contributed by atoms with Crippen molar-refractivity contribution in [2.45, 2.75) is 185 Å². The number of amides is 1. The Bertz CT molecular complexity index is 847. The first-order valence-corrected chi connectivity index (χ1v) is 18.8. The zero-order valence-electron chi connectivity index (χ0n) is 27.7. The van der Waals surface area contributed by atoms with Crippen LogP contribution in [0.4, 0.5) is 0 Å². The summed E-state index contributed by atoms with van der Waals surface area (Å²) in [7, 11) is -5.06. The van der Waals surface area contributed by atoms with Crippen LogP contribution in [0, 0.1) is 0 Å². The van der Waals surface area contributed by atoms with Gasteiger partial charge in [-0.3, -0.25) is 9.35 Å². The molecular weight excluding hydrogens is 606 g/mol. The van der Waals surface area contributed by atoms with Gasteiger partial charge in [0.2, 0.25) is 5.91 Å². The second-order valence-electron chi connectivity index (χ2n) is 12.5. The van der Waals surface area contributed by atoms with E-state index in [2.05, 4.69) is 23.3 Å². The van der Waals surface area contributed by atoms with E-state index < -0.39 is 59.9 Å². The quantitative estimate of drug-likeness (QED) is 0.0514. The van der Waals surface area contributed by atoms with Crippen LogP contribution >= 0.6 is 0 Å². The molecule has 12 nitrogen and oxygen atoms in total. The fourth-order valence-electron chi connectivity index (χ4n) is 5.63. The highest BCUT2D eigenvalue weighted by atomic mass is 32.3. The predicted octanol–water partition coefficient (Wildman–Crippen LogP) is 4.32. The van der Waals surface area contributed by atoms with Crippen molar-refractivity contribution < 1.29 is 51.8 Å². The van der Waals surface area contributed by atoms with Gasteiger partial charge >= 0.3 is 10.4 Å². The summed E-state index contributed by atoms with van der Waals surface area (Å²) in [6.07, 6.45) is 11.4. The van der Waals surface area contributed by atoms with E-state index in [0.29, 0.717) is 12.8 Å². The molecule has 0 aromatic carbocycles. The molecule has 1 rings (SSSR count). The standard InChI is InChI=1S/C32H63NO11S/c1-3-5-7-9-11-13-15-17-19-21-26(35)25(33-28(36)22-20-18-16-14-12-10-8-6-4-2)24-42-32-30(38)31(44-45(39,40)41)29(37)27(23-34)43-32/h25-27,29-32,34-35,37-38H,3-24H2,1-2H3,(H,33,36)(H,39,40,41). The second-order valence-corrected chi connectivity index (χ2v) is 13.5. The van der Waals surface area contributed by atoms with Crippen molar-refractivity contribution in [3.63, 3.8) is 0 Å². The molecule has 0 spiro atoms.